The number of amides is 1. The number of likely N-dealkylation sites (tertiary alicyclic amines) is 1. The van der Waals surface area contributed by atoms with Crippen LogP contribution in [0.2, 0.25) is 0 Å². The summed E-state index contributed by atoms with van der Waals surface area (Å²) >= 11 is 0. The molecule has 0 bridgehead atoms. The van der Waals surface area contributed by atoms with E-state index >= 15 is 0 Å². The zero-order valence-corrected chi connectivity index (χ0v) is 20.5. The monoisotopic (exact) mass is 453 g/mol. The summed E-state index contributed by atoms with van der Waals surface area (Å²) in [5, 5.41) is 0. The van der Waals surface area contributed by atoms with E-state index < -0.39 is 0 Å². The van der Waals surface area contributed by atoms with Gasteiger partial charge in [-0.25, -0.2) is 4.79 Å². The molecule has 1 saturated carbocycles. The molecule has 3 aliphatic carbocycles. The summed E-state index contributed by atoms with van der Waals surface area (Å²) in [5.74, 6) is 2.71. The number of methoxy groups -OCH3 is 1. The van der Waals surface area contributed by atoms with E-state index in [1.165, 1.54) is 49.5 Å². The number of ether oxygens (including phenoxy) is 2. The van der Waals surface area contributed by atoms with Crippen LogP contribution in [0.15, 0.2) is 18.2 Å². The molecule has 5 nitrogen and oxygen atoms in total. The van der Waals surface area contributed by atoms with Crippen LogP contribution in [0.25, 0.3) is 11.1 Å². The summed E-state index contributed by atoms with van der Waals surface area (Å²) in [4.78, 5) is 26.0. The molecule has 180 valence electrons. The average Bonchev–Trinajstić information content (AvgIpc) is 3.19. The normalized spacial score (nSPS) is 24.1. The number of aryl methyl sites for hydroxylation is 1. The molecule has 4 aliphatic rings. The summed E-state index contributed by atoms with van der Waals surface area (Å²) < 4.78 is 10.7. The first-order chi connectivity index (χ1) is 16.0. The van der Waals surface area contributed by atoms with Crippen LogP contribution in [0.1, 0.15) is 83.1 Å². The maximum Gasteiger partial charge on any atom is 0.410 e. The Balaban J connectivity index is 0.000000364. The van der Waals surface area contributed by atoms with Crippen LogP contribution in [-0.2, 0) is 14.3 Å². The van der Waals surface area contributed by atoms with Gasteiger partial charge in [-0.3, -0.25) is 9.69 Å². The van der Waals surface area contributed by atoms with E-state index in [4.69, 9.17) is 15.9 Å². The molecular formula is C28H39NO4. The maximum absolute atomic E-state index is 12.2. The Morgan fingerprint density at radius 2 is 1.91 bits per heavy atom. The van der Waals surface area contributed by atoms with Crippen molar-refractivity contribution in [1.29, 1.82) is 0 Å². The number of benzene rings is 1. The summed E-state index contributed by atoms with van der Waals surface area (Å²) in [6, 6.07) is 6.25. The molecular weight excluding hydrogens is 414 g/mol. The fraction of sp³-hybridized carbons (Fsp3) is 0.643. The van der Waals surface area contributed by atoms with Crippen molar-refractivity contribution in [2.45, 2.75) is 103 Å². The van der Waals surface area contributed by atoms with Crippen LogP contribution in [-0.4, -0.2) is 42.3 Å². The lowest BCUT2D eigenvalue weighted by molar-refractivity contribution is -0.154. The van der Waals surface area contributed by atoms with Gasteiger partial charge in [-0.1, -0.05) is 63.1 Å². The highest BCUT2D eigenvalue weighted by Crippen LogP contribution is 2.41. The van der Waals surface area contributed by atoms with E-state index in [1.807, 2.05) is 0 Å². The number of fused-ring (bicyclic) bond motifs is 2. The Hall–Kier alpha value is -2.48. The second kappa shape index (κ2) is 12.1. The number of terminal acetylenes is 1. The molecule has 0 radical (unpaired) electrons. The Labute approximate surface area is 199 Å². The van der Waals surface area contributed by atoms with Crippen molar-refractivity contribution < 1.29 is 19.1 Å². The van der Waals surface area contributed by atoms with Crippen LogP contribution >= 0.6 is 0 Å². The lowest BCUT2D eigenvalue weighted by Crippen LogP contribution is -2.46. The highest BCUT2D eigenvalue weighted by Gasteiger charge is 2.49. The summed E-state index contributed by atoms with van der Waals surface area (Å²) in [7, 11) is 1.38. The molecule has 1 unspecified atom stereocenters. The van der Waals surface area contributed by atoms with Gasteiger partial charge >= 0.3 is 12.1 Å². The molecule has 0 aromatic carbocycles. The number of carbonyl (C=O) groups is 2. The van der Waals surface area contributed by atoms with Gasteiger partial charge in [0.2, 0.25) is 0 Å². The number of nitrogens with zero attached hydrogens (tertiary/aromatic N) is 1. The molecule has 1 aliphatic heterocycles. The van der Waals surface area contributed by atoms with Gasteiger partial charge in [0.1, 0.15) is 6.10 Å². The van der Waals surface area contributed by atoms with Crippen LogP contribution in [0.3, 0.4) is 0 Å². The van der Waals surface area contributed by atoms with Gasteiger partial charge < -0.3 is 9.47 Å². The SMILES string of the molecule is C#CC1C[C@H]2[C@@H](OC(=O)CCCCCCCC)CCC[C@H]2N1C(=O)OC.Cc1cc2ccc1-2. The Bertz CT molecular complexity index is 858. The fourth-order valence-corrected chi connectivity index (χ4v) is 5.38. The van der Waals surface area contributed by atoms with E-state index in [-0.39, 0.29) is 36.2 Å². The van der Waals surface area contributed by atoms with Crippen LogP contribution < -0.4 is 0 Å². The lowest BCUT2D eigenvalue weighted by Gasteiger charge is -2.36. The molecule has 33 heavy (non-hydrogen) atoms. The molecule has 5 heteroatoms. The quantitative estimate of drug-likeness (QED) is 0.269. The first-order valence-corrected chi connectivity index (χ1v) is 12.6. The lowest BCUT2D eigenvalue weighted by atomic mass is 9.82. The van der Waals surface area contributed by atoms with Gasteiger partial charge in [0.05, 0.1) is 13.2 Å². The van der Waals surface area contributed by atoms with Gasteiger partial charge in [0.15, 0.2) is 0 Å². The van der Waals surface area contributed by atoms with E-state index in [0.717, 1.165) is 32.1 Å². The molecule has 4 rings (SSSR count). The molecule has 0 spiro atoms. The maximum atomic E-state index is 12.2. The third-order valence-electron chi connectivity index (χ3n) is 7.28. The van der Waals surface area contributed by atoms with Crippen molar-refractivity contribution in [2.75, 3.05) is 7.11 Å². The summed E-state index contributed by atoms with van der Waals surface area (Å²) in [6.07, 6.45) is 15.9. The molecule has 1 heterocycles. The van der Waals surface area contributed by atoms with Crippen LogP contribution in [0.4, 0.5) is 4.79 Å². The van der Waals surface area contributed by atoms with Crippen molar-refractivity contribution in [3.63, 3.8) is 0 Å². The number of hydrogen-bond donors (Lipinski definition) is 0. The summed E-state index contributed by atoms with van der Waals surface area (Å²) in [6.45, 7) is 4.34. The minimum atomic E-state index is -0.375. The van der Waals surface area contributed by atoms with Gasteiger partial charge in [0, 0.05) is 18.4 Å². The predicted molar refractivity (Wildman–Crippen MR) is 131 cm³/mol. The Kier molecular flexibility index (Phi) is 9.23. The zero-order valence-electron chi connectivity index (χ0n) is 20.5. The second-order valence-corrected chi connectivity index (χ2v) is 9.53. The molecule has 1 amide bonds. The van der Waals surface area contributed by atoms with E-state index in [9.17, 15) is 9.59 Å². The fourth-order valence-electron chi connectivity index (χ4n) is 5.38. The highest BCUT2D eigenvalue weighted by atomic mass is 16.5. The predicted octanol–water partition coefficient (Wildman–Crippen LogP) is 6.27. The second-order valence-electron chi connectivity index (χ2n) is 9.53. The van der Waals surface area contributed by atoms with Crippen molar-refractivity contribution >= 4 is 12.1 Å². The molecule has 0 aromatic rings. The van der Waals surface area contributed by atoms with Crippen LogP contribution in [0, 0.1) is 25.2 Å². The summed E-state index contributed by atoms with van der Waals surface area (Å²) in [5.41, 5.74) is 4.36. The van der Waals surface area contributed by atoms with Crippen molar-refractivity contribution in [3.05, 3.63) is 23.8 Å². The smallest absolute Gasteiger partial charge is 0.410 e. The van der Waals surface area contributed by atoms with E-state index in [0.29, 0.717) is 12.8 Å². The molecule has 4 atom stereocenters. The number of carbonyl (C=O) groups excluding carboxylic acids is 2. The van der Waals surface area contributed by atoms with Crippen LogP contribution in [0.5, 0.6) is 0 Å². The van der Waals surface area contributed by atoms with Gasteiger partial charge in [-0.05, 0) is 55.7 Å². The number of esters is 1. The van der Waals surface area contributed by atoms with Crippen molar-refractivity contribution in [3.8, 4) is 23.5 Å². The van der Waals surface area contributed by atoms with Crippen molar-refractivity contribution in [2.24, 2.45) is 5.92 Å². The third kappa shape index (κ3) is 6.10. The number of unbranched alkanes of at least 4 members (excludes halogenated alkanes) is 5. The first-order valence-electron chi connectivity index (χ1n) is 12.6. The molecule has 1 saturated heterocycles. The van der Waals surface area contributed by atoms with E-state index in [1.54, 1.807) is 4.90 Å². The topological polar surface area (TPSA) is 55.8 Å². The van der Waals surface area contributed by atoms with Crippen molar-refractivity contribution in [1.82, 2.24) is 4.90 Å². The zero-order chi connectivity index (χ0) is 23.8. The van der Waals surface area contributed by atoms with Gasteiger partial charge in [-0.15, -0.1) is 6.42 Å². The molecule has 2 fully saturated rings. The minimum Gasteiger partial charge on any atom is -0.462 e. The first kappa shape index (κ1) is 25.1. The third-order valence-corrected chi connectivity index (χ3v) is 7.28. The van der Waals surface area contributed by atoms with Gasteiger partial charge in [-0.2, -0.15) is 0 Å². The Morgan fingerprint density at radius 3 is 2.45 bits per heavy atom. The Morgan fingerprint density at radius 1 is 1.15 bits per heavy atom. The molecule has 0 aromatic heterocycles. The average molecular weight is 454 g/mol. The standard InChI is InChI=1S/C21H33NO4.C7H6/c1-4-6-7-8-9-10-14-20(23)26-19-13-11-12-18-17(19)15-16(5-2)22(18)21(24)25-3;1-5-4-6-2-3-7(5)6/h2,16-19H,4,6-15H2,1,3H3;2-4H,1H3/t16?,17-,18-,19+;/m1./s1. The molecule has 0 N–H and O–H groups in total. The minimum absolute atomic E-state index is 0.0177. The van der Waals surface area contributed by atoms with E-state index in [2.05, 4.69) is 38.0 Å². The van der Waals surface area contributed by atoms with Gasteiger partial charge in [0.25, 0.3) is 0 Å². The number of rotatable bonds is 8. The highest BCUT2D eigenvalue weighted by molar-refractivity contribution is 5.80. The number of hydrogen-bond acceptors (Lipinski definition) is 4. The largest absolute Gasteiger partial charge is 0.462 e.